The number of phenolic OH excluding ortho intramolecular Hbond substituents is 1. The lowest BCUT2D eigenvalue weighted by molar-refractivity contribution is -0.671. The van der Waals surface area contributed by atoms with Gasteiger partial charge in [0.2, 0.25) is 5.52 Å². The van der Waals surface area contributed by atoms with E-state index in [1.54, 1.807) is 19.9 Å². The number of benzene rings is 2. The Kier molecular flexibility index (Phi) is 14.8. The number of nitrogens with zero attached hydrogens (tertiary/aromatic N) is 1. The van der Waals surface area contributed by atoms with E-state index in [4.69, 9.17) is 9.47 Å². The van der Waals surface area contributed by atoms with Gasteiger partial charge in [-0.2, -0.15) is 4.57 Å². The van der Waals surface area contributed by atoms with Gasteiger partial charge < -0.3 is 31.6 Å². The zero-order chi connectivity index (χ0) is 26.3. The third-order valence-corrected chi connectivity index (χ3v) is 6.87. The summed E-state index contributed by atoms with van der Waals surface area (Å²) < 4.78 is 13.2. The number of aromatic hydroxyl groups is 1. The van der Waals surface area contributed by atoms with Gasteiger partial charge in [-0.3, -0.25) is 0 Å². The number of halogens is 1. The van der Waals surface area contributed by atoms with Gasteiger partial charge in [-0.1, -0.05) is 63.5 Å². The fraction of sp³-hybridized carbons (Fsp3) is 0.500. The molecule has 5 nitrogen and oxygen atoms in total. The van der Waals surface area contributed by atoms with E-state index in [-0.39, 0.29) is 34.9 Å². The average molecular weight is 587 g/mol. The van der Waals surface area contributed by atoms with Gasteiger partial charge in [0, 0.05) is 30.0 Å². The molecule has 1 N–H and O–H groups in total. The second-order valence-electron chi connectivity index (χ2n) is 9.85. The van der Waals surface area contributed by atoms with Crippen LogP contribution in [0.15, 0.2) is 54.7 Å². The molecule has 0 fully saturated rings. The van der Waals surface area contributed by atoms with Gasteiger partial charge in [-0.25, -0.2) is 4.79 Å². The van der Waals surface area contributed by atoms with Crippen LogP contribution in [0, 0.1) is 6.92 Å². The molecule has 208 valence electrons. The molecule has 0 saturated heterocycles. The summed E-state index contributed by atoms with van der Waals surface area (Å²) in [6, 6.07) is 16.2. The number of unbranched alkanes of at least 4 members (excludes halogenated alkanes) is 10. The lowest BCUT2D eigenvalue weighted by Crippen LogP contribution is -3.00. The van der Waals surface area contributed by atoms with Gasteiger partial charge in [-0.05, 0) is 50.5 Å². The number of rotatable bonds is 17. The summed E-state index contributed by atoms with van der Waals surface area (Å²) in [5.74, 6) is 0.0101. The van der Waals surface area contributed by atoms with E-state index in [0.717, 1.165) is 19.4 Å². The van der Waals surface area contributed by atoms with Crippen LogP contribution in [0.1, 0.15) is 93.5 Å². The minimum Gasteiger partial charge on any atom is -1.00 e. The molecule has 0 aliphatic carbocycles. The van der Waals surface area contributed by atoms with Crippen molar-refractivity contribution in [3.05, 3.63) is 65.9 Å². The number of aromatic nitrogens is 1. The summed E-state index contributed by atoms with van der Waals surface area (Å²) in [6.07, 6.45) is 16.1. The SMILES string of the molecule is CCOC(=O)c1c(C)cc(OCCCCCCCCCCCCC[n+]2cccc3ccccc32)cc1O.[Br-]. The number of aryl methyl sites for hydroxylation is 2. The molecule has 0 aliphatic heterocycles. The molecule has 1 aromatic heterocycles. The molecule has 1 heterocycles. The number of ether oxygens (including phenoxy) is 2. The second kappa shape index (κ2) is 17.8. The van der Waals surface area contributed by atoms with Crippen LogP contribution in [0.25, 0.3) is 10.9 Å². The number of hydrogen-bond donors (Lipinski definition) is 1. The number of para-hydroxylation sites is 1. The maximum Gasteiger partial charge on any atom is 0.342 e. The largest absolute Gasteiger partial charge is 1.00 e. The Morgan fingerprint density at radius 2 is 1.45 bits per heavy atom. The molecule has 0 aliphatic rings. The Labute approximate surface area is 238 Å². The van der Waals surface area contributed by atoms with Gasteiger partial charge in [-0.15, -0.1) is 0 Å². The van der Waals surface area contributed by atoms with Crippen LogP contribution in [0.5, 0.6) is 11.5 Å². The Bertz CT molecular complexity index is 1090. The Morgan fingerprint density at radius 1 is 0.842 bits per heavy atom. The molecular weight excluding hydrogens is 542 g/mol. The van der Waals surface area contributed by atoms with Crippen molar-refractivity contribution in [2.24, 2.45) is 0 Å². The highest BCUT2D eigenvalue weighted by molar-refractivity contribution is 5.94. The van der Waals surface area contributed by atoms with Crippen LogP contribution >= 0.6 is 0 Å². The molecule has 0 bridgehead atoms. The molecule has 2 aromatic carbocycles. The summed E-state index contributed by atoms with van der Waals surface area (Å²) >= 11 is 0. The first-order chi connectivity index (χ1) is 18.1. The average Bonchev–Trinajstić information content (AvgIpc) is 2.88. The summed E-state index contributed by atoms with van der Waals surface area (Å²) in [4.78, 5) is 11.9. The van der Waals surface area contributed by atoms with E-state index in [2.05, 4.69) is 47.2 Å². The van der Waals surface area contributed by atoms with Crippen molar-refractivity contribution in [3.8, 4) is 11.5 Å². The maximum atomic E-state index is 11.9. The number of pyridine rings is 1. The molecule has 6 heteroatoms. The zero-order valence-electron chi connectivity index (χ0n) is 23.1. The highest BCUT2D eigenvalue weighted by Crippen LogP contribution is 2.28. The first kappa shape index (κ1) is 31.6. The molecule has 0 saturated carbocycles. The van der Waals surface area contributed by atoms with E-state index >= 15 is 0 Å². The smallest absolute Gasteiger partial charge is 0.342 e. The predicted octanol–water partition coefficient (Wildman–Crippen LogP) is 4.69. The van der Waals surface area contributed by atoms with Crippen molar-refractivity contribution in [2.45, 2.75) is 91.0 Å². The molecule has 38 heavy (non-hydrogen) atoms. The Morgan fingerprint density at radius 3 is 2.11 bits per heavy atom. The lowest BCUT2D eigenvalue weighted by Gasteiger charge is -2.11. The van der Waals surface area contributed by atoms with E-state index in [0.29, 0.717) is 17.9 Å². The minimum atomic E-state index is -0.500. The fourth-order valence-electron chi connectivity index (χ4n) is 4.87. The summed E-state index contributed by atoms with van der Waals surface area (Å²) in [5, 5.41) is 11.5. The van der Waals surface area contributed by atoms with E-state index in [1.165, 1.54) is 74.8 Å². The van der Waals surface area contributed by atoms with Crippen molar-refractivity contribution in [3.63, 3.8) is 0 Å². The van der Waals surface area contributed by atoms with Crippen LogP contribution in [0.3, 0.4) is 0 Å². The zero-order valence-corrected chi connectivity index (χ0v) is 24.7. The highest BCUT2D eigenvalue weighted by Gasteiger charge is 2.17. The van der Waals surface area contributed by atoms with E-state index < -0.39 is 5.97 Å². The van der Waals surface area contributed by atoms with Gasteiger partial charge in [0.05, 0.1) is 13.2 Å². The minimum absolute atomic E-state index is 0. The first-order valence-corrected chi connectivity index (χ1v) is 14.1. The second-order valence-corrected chi connectivity index (χ2v) is 9.85. The third-order valence-electron chi connectivity index (χ3n) is 6.87. The van der Waals surface area contributed by atoms with Crippen molar-refractivity contribution in [2.75, 3.05) is 13.2 Å². The number of esters is 1. The third kappa shape index (κ3) is 10.3. The summed E-state index contributed by atoms with van der Waals surface area (Å²) in [7, 11) is 0. The van der Waals surface area contributed by atoms with Crippen molar-refractivity contribution in [1.82, 2.24) is 0 Å². The number of fused-ring (bicyclic) bond motifs is 1. The first-order valence-electron chi connectivity index (χ1n) is 14.1. The van der Waals surface area contributed by atoms with Crippen LogP contribution in [-0.2, 0) is 11.3 Å². The molecule has 3 aromatic rings. The Hall–Kier alpha value is -2.60. The molecule has 0 atom stereocenters. The van der Waals surface area contributed by atoms with Crippen LogP contribution in [-0.4, -0.2) is 24.3 Å². The van der Waals surface area contributed by atoms with Crippen molar-refractivity contribution in [1.29, 1.82) is 0 Å². The normalized spacial score (nSPS) is 10.8. The molecule has 0 amide bonds. The maximum absolute atomic E-state index is 11.9. The molecule has 0 radical (unpaired) electrons. The standard InChI is InChI=1S/C32H43NO4.BrH/c1-3-36-32(35)31-26(2)24-28(25-30(31)34)37-23-16-12-10-8-6-4-5-7-9-11-15-21-33-22-17-19-27-18-13-14-20-29(27)33;/h13-14,17-20,22,24-25H,3-12,15-16,21,23H2,1-2H3;1H. The molecule has 0 unspecified atom stereocenters. The highest BCUT2D eigenvalue weighted by atomic mass is 79.9. The van der Waals surface area contributed by atoms with E-state index in [9.17, 15) is 9.90 Å². The number of carbonyl (C=O) groups excluding carboxylic acids is 1. The lowest BCUT2D eigenvalue weighted by atomic mass is 10.1. The monoisotopic (exact) mass is 585 g/mol. The molecular formula is C32H44BrNO4. The van der Waals surface area contributed by atoms with Gasteiger partial charge in [0.15, 0.2) is 6.20 Å². The van der Waals surface area contributed by atoms with Crippen molar-refractivity contribution >= 4 is 16.9 Å². The number of hydrogen-bond acceptors (Lipinski definition) is 4. The van der Waals surface area contributed by atoms with Gasteiger partial charge in [0.1, 0.15) is 23.6 Å². The molecule has 3 rings (SSSR count). The fourth-order valence-corrected chi connectivity index (χ4v) is 4.87. The van der Waals surface area contributed by atoms with Crippen LogP contribution < -0.4 is 26.3 Å². The van der Waals surface area contributed by atoms with Crippen LogP contribution in [0.4, 0.5) is 0 Å². The Balaban J connectivity index is 0.00000507. The van der Waals surface area contributed by atoms with E-state index in [1.807, 2.05) is 0 Å². The van der Waals surface area contributed by atoms with Gasteiger partial charge >= 0.3 is 5.97 Å². The topological polar surface area (TPSA) is 59.6 Å². The van der Waals surface area contributed by atoms with Gasteiger partial charge in [0.25, 0.3) is 0 Å². The number of carbonyl (C=O) groups is 1. The predicted molar refractivity (Wildman–Crippen MR) is 149 cm³/mol. The summed E-state index contributed by atoms with van der Waals surface area (Å²) in [5.41, 5.74) is 2.21. The van der Waals surface area contributed by atoms with Crippen LogP contribution in [0.2, 0.25) is 0 Å². The van der Waals surface area contributed by atoms with Crippen molar-refractivity contribution < 1.29 is 40.9 Å². The number of phenols is 1. The summed E-state index contributed by atoms with van der Waals surface area (Å²) in [6.45, 7) is 5.53. The molecule has 0 spiro atoms. The quantitative estimate of drug-likeness (QED) is 0.142.